The van der Waals surface area contributed by atoms with Crippen molar-refractivity contribution in [1.82, 2.24) is 10.2 Å². The van der Waals surface area contributed by atoms with Crippen LogP contribution in [0.15, 0.2) is 24.3 Å². The zero-order valence-electron chi connectivity index (χ0n) is 13.8. The molecule has 1 unspecified atom stereocenters. The third kappa shape index (κ3) is 4.32. The van der Waals surface area contributed by atoms with Crippen LogP contribution in [0.1, 0.15) is 53.9 Å². The Morgan fingerprint density at radius 3 is 2.36 bits per heavy atom. The molecule has 7 heteroatoms. The first-order valence-corrected chi connectivity index (χ1v) is 8.60. The first-order valence-electron chi connectivity index (χ1n) is 8.60. The van der Waals surface area contributed by atoms with Gasteiger partial charge in [-0.05, 0) is 49.3 Å². The molecule has 0 bridgehead atoms. The predicted molar refractivity (Wildman–Crippen MR) is 86.2 cm³/mol. The molecule has 1 saturated heterocycles. The minimum Gasteiger partial charge on any atom is -0.340 e. The van der Waals surface area contributed by atoms with E-state index in [1.54, 1.807) is 12.1 Å². The fraction of sp³-hybridized carbons (Fsp3) is 0.556. The van der Waals surface area contributed by atoms with Gasteiger partial charge < -0.3 is 10.2 Å². The first kappa shape index (κ1) is 17.8. The molecule has 0 radical (unpaired) electrons. The van der Waals surface area contributed by atoms with E-state index in [0.717, 1.165) is 17.7 Å². The summed E-state index contributed by atoms with van der Waals surface area (Å²) < 4.78 is 37.6. The maximum Gasteiger partial charge on any atom is 0.406 e. The minimum absolute atomic E-state index is 0.0702. The summed E-state index contributed by atoms with van der Waals surface area (Å²) in [6, 6.07) is 6.36. The van der Waals surface area contributed by atoms with Crippen LogP contribution >= 0.6 is 0 Å². The summed E-state index contributed by atoms with van der Waals surface area (Å²) in [7, 11) is 0. The van der Waals surface area contributed by atoms with Crippen LogP contribution in [0.5, 0.6) is 0 Å². The summed E-state index contributed by atoms with van der Waals surface area (Å²) in [6.07, 6.45) is -0.0785. The van der Waals surface area contributed by atoms with Gasteiger partial charge in [-0.1, -0.05) is 18.6 Å². The van der Waals surface area contributed by atoms with Gasteiger partial charge in [-0.25, -0.2) is 0 Å². The molecule has 0 aromatic heterocycles. The monoisotopic (exact) mass is 354 g/mol. The number of hydrogen-bond acceptors (Lipinski definition) is 2. The number of hydrogen-bond donors (Lipinski definition) is 1. The van der Waals surface area contributed by atoms with E-state index >= 15 is 0 Å². The highest BCUT2D eigenvalue weighted by Gasteiger charge is 2.37. The standard InChI is InChI=1S/C18H21F3N2O2/c19-18(20,21)11-23-10-2-5-15(17(23)25)22-16(24)14-8-6-13(7-9-14)12-3-1-4-12/h6-9,12,15H,1-5,10-11H2,(H,22,24). The average Bonchev–Trinajstić information content (AvgIpc) is 2.49. The number of rotatable bonds is 4. The second-order valence-corrected chi connectivity index (χ2v) is 6.79. The smallest absolute Gasteiger partial charge is 0.340 e. The van der Waals surface area contributed by atoms with E-state index in [-0.39, 0.29) is 6.54 Å². The number of carbonyl (C=O) groups excluding carboxylic acids is 2. The summed E-state index contributed by atoms with van der Waals surface area (Å²) >= 11 is 0. The number of likely N-dealkylation sites (tertiary alicyclic amines) is 1. The fourth-order valence-corrected chi connectivity index (χ4v) is 3.34. The van der Waals surface area contributed by atoms with Gasteiger partial charge in [0.05, 0.1) is 0 Å². The van der Waals surface area contributed by atoms with Gasteiger partial charge in [-0.3, -0.25) is 9.59 Å². The Bertz CT molecular complexity index is 639. The zero-order chi connectivity index (χ0) is 18.0. The van der Waals surface area contributed by atoms with Crippen LogP contribution in [0, 0.1) is 0 Å². The van der Waals surface area contributed by atoms with Crippen molar-refractivity contribution >= 4 is 11.8 Å². The Kier molecular flexibility index (Phi) is 5.01. The van der Waals surface area contributed by atoms with E-state index in [4.69, 9.17) is 0 Å². The molecule has 136 valence electrons. The Morgan fingerprint density at radius 1 is 1.12 bits per heavy atom. The Balaban J connectivity index is 1.60. The highest BCUT2D eigenvalue weighted by molar-refractivity contribution is 5.97. The van der Waals surface area contributed by atoms with Crippen LogP contribution in [-0.2, 0) is 4.79 Å². The number of nitrogens with one attached hydrogen (secondary N) is 1. The van der Waals surface area contributed by atoms with Crippen molar-refractivity contribution in [2.75, 3.05) is 13.1 Å². The lowest BCUT2D eigenvalue weighted by Gasteiger charge is -2.33. The van der Waals surface area contributed by atoms with E-state index < -0.39 is 30.6 Å². The summed E-state index contributed by atoms with van der Waals surface area (Å²) in [5, 5.41) is 2.58. The summed E-state index contributed by atoms with van der Waals surface area (Å²) in [5.41, 5.74) is 1.62. The van der Waals surface area contributed by atoms with Crippen LogP contribution in [0.4, 0.5) is 13.2 Å². The maximum atomic E-state index is 12.5. The number of nitrogens with zero attached hydrogens (tertiary/aromatic N) is 1. The largest absolute Gasteiger partial charge is 0.406 e. The topological polar surface area (TPSA) is 49.4 Å². The highest BCUT2D eigenvalue weighted by Crippen LogP contribution is 2.36. The molecular weight excluding hydrogens is 333 g/mol. The van der Waals surface area contributed by atoms with E-state index in [2.05, 4.69) is 5.32 Å². The number of carbonyl (C=O) groups is 2. The van der Waals surface area contributed by atoms with Gasteiger partial charge in [0, 0.05) is 12.1 Å². The van der Waals surface area contributed by atoms with Gasteiger partial charge in [0.2, 0.25) is 5.91 Å². The summed E-state index contributed by atoms with van der Waals surface area (Å²) in [5.74, 6) is -0.525. The van der Waals surface area contributed by atoms with Gasteiger partial charge >= 0.3 is 6.18 Å². The van der Waals surface area contributed by atoms with Crippen molar-refractivity contribution in [2.24, 2.45) is 0 Å². The van der Waals surface area contributed by atoms with Crippen molar-refractivity contribution in [1.29, 1.82) is 0 Å². The number of alkyl halides is 3. The van der Waals surface area contributed by atoms with E-state index in [0.29, 0.717) is 24.3 Å². The molecule has 25 heavy (non-hydrogen) atoms. The molecule has 2 amide bonds. The Morgan fingerprint density at radius 2 is 1.80 bits per heavy atom. The van der Waals surface area contributed by atoms with Crippen molar-refractivity contribution in [3.8, 4) is 0 Å². The lowest BCUT2D eigenvalue weighted by atomic mass is 9.80. The molecule has 4 nitrogen and oxygen atoms in total. The Hall–Kier alpha value is -2.05. The third-order valence-corrected chi connectivity index (χ3v) is 4.96. The molecule has 2 fully saturated rings. The highest BCUT2D eigenvalue weighted by atomic mass is 19.4. The van der Waals surface area contributed by atoms with Gasteiger partial charge in [0.15, 0.2) is 0 Å². The fourth-order valence-electron chi connectivity index (χ4n) is 3.34. The predicted octanol–water partition coefficient (Wildman–Crippen LogP) is 3.24. The van der Waals surface area contributed by atoms with Gasteiger partial charge in [-0.2, -0.15) is 13.2 Å². The normalized spacial score (nSPS) is 21.8. The van der Waals surface area contributed by atoms with Crippen molar-refractivity contribution in [3.05, 3.63) is 35.4 Å². The van der Waals surface area contributed by atoms with Gasteiger partial charge in [0.25, 0.3) is 5.91 Å². The molecule has 1 N–H and O–H groups in total. The first-order chi connectivity index (χ1) is 11.8. The molecule has 1 saturated carbocycles. The van der Waals surface area contributed by atoms with Crippen LogP contribution < -0.4 is 5.32 Å². The number of benzene rings is 1. The zero-order valence-corrected chi connectivity index (χ0v) is 13.8. The van der Waals surface area contributed by atoms with Gasteiger partial charge in [-0.15, -0.1) is 0 Å². The van der Waals surface area contributed by atoms with Crippen LogP contribution in [0.25, 0.3) is 0 Å². The van der Waals surface area contributed by atoms with E-state index in [1.165, 1.54) is 12.0 Å². The van der Waals surface area contributed by atoms with Crippen molar-refractivity contribution < 1.29 is 22.8 Å². The SMILES string of the molecule is O=C(NC1CCCN(CC(F)(F)F)C1=O)c1ccc(C2CCC2)cc1. The number of amides is 2. The molecule has 1 aliphatic carbocycles. The maximum absolute atomic E-state index is 12.5. The van der Waals surface area contributed by atoms with Crippen LogP contribution in [0.3, 0.4) is 0 Å². The van der Waals surface area contributed by atoms with E-state index in [1.807, 2.05) is 12.1 Å². The number of halogens is 3. The lowest BCUT2D eigenvalue weighted by molar-refractivity contribution is -0.164. The quantitative estimate of drug-likeness (QED) is 0.902. The molecule has 0 spiro atoms. The summed E-state index contributed by atoms with van der Waals surface area (Å²) in [6.45, 7) is -1.20. The Labute approximate surface area is 144 Å². The molecule has 1 aromatic rings. The molecule has 3 rings (SSSR count). The molecule has 1 aromatic carbocycles. The third-order valence-electron chi connectivity index (χ3n) is 4.96. The second kappa shape index (κ2) is 7.06. The van der Waals surface area contributed by atoms with Crippen LogP contribution in [0.2, 0.25) is 0 Å². The average molecular weight is 354 g/mol. The lowest BCUT2D eigenvalue weighted by Crippen LogP contribution is -2.54. The molecule has 1 atom stereocenters. The van der Waals surface area contributed by atoms with Gasteiger partial charge in [0.1, 0.15) is 12.6 Å². The second-order valence-electron chi connectivity index (χ2n) is 6.79. The molecule has 2 aliphatic rings. The number of piperidine rings is 1. The molecule has 1 heterocycles. The molecular formula is C18H21F3N2O2. The molecule has 1 aliphatic heterocycles. The minimum atomic E-state index is -4.43. The summed E-state index contributed by atoms with van der Waals surface area (Å²) in [4.78, 5) is 25.3. The van der Waals surface area contributed by atoms with Crippen molar-refractivity contribution in [3.63, 3.8) is 0 Å². The van der Waals surface area contributed by atoms with Crippen LogP contribution in [-0.4, -0.2) is 42.0 Å². The van der Waals surface area contributed by atoms with Crippen molar-refractivity contribution in [2.45, 2.75) is 50.2 Å². The van der Waals surface area contributed by atoms with E-state index in [9.17, 15) is 22.8 Å².